The molecule has 26 heavy (non-hydrogen) atoms. The molecule has 126 valence electrons. The molecule has 1 aliphatic heterocycles. The summed E-state index contributed by atoms with van der Waals surface area (Å²) in [6.45, 7) is 0.0911. The number of thiophene rings is 1. The molecule has 2 N–H and O–H groups in total. The molecule has 0 fully saturated rings. The Morgan fingerprint density at radius 3 is 2.77 bits per heavy atom. The van der Waals surface area contributed by atoms with Crippen LogP contribution in [0.5, 0.6) is 0 Å². The van der Waals surface area contributed by atoms with Crippen LogP contribution in [-0.4, -0.2) is 38.8 Å². The van der Waals surface area contributed by atoms with E-state index in [2.05, 4.69) is 37.0 Å². The first-order valence-corrected chi connectivity index (χ1v) is 8.82. The number of H-pyrrole nitrogens is 1. The van der Waals surface area contributed by atoms with Crippen molar-refractivity contribution in [3.05, 3.63) is 59.0 Å². The second-order valence-electron chi connectivity index (χ2n) is 5.82. The molecule has 0 aliphatic carbocycles. The van der Waals surface area contributed by atoms with E-state index < -0.39 is 0 Å². The Balaban J connectivity index is 1.69. The Morgan fingerprint density at radius 1 is 1.00 bits per heavy atom. The number of fused-ring (bicyclic) bond motifs is 3. The Hall–Kier alpha value is -3.39. The maximum absolute atomic E-state index is 12.2. The van der Waals surface area contributed by atoms with Crippen LogP contribution in [0.15, 0.2) is 53.5 Å². The molecule has 1 aliphatic rings. The van der Waals surface area contributed by atoms with E-state index in [9.17, 15) is 4.79 Å². The Morgan fingerprint density at radius 2 is 1.88 bits per heavy atom. The number of carbonyl (C=O) groups is 1. The van der Waals surface area contributed by atoms with E-state index in [1.165, 1.54) is 11.3 Å². The summed E-state index contributed by atoms with van der Waals surface area (Å²) < 4.78 is 0. The van der Waals surface area contributed by atoms with Crippen LogP contribution in [0.4, 0.5) is 5.69 Å². The molecule has 1 amide bonds. The third-order valence-corrected chi connectivity index (χ3v) is 5.32. The minimum atomic E-state index is -0.118. The molecule has 4 aromatic rings. The maximum Gasteiger partial charge on any atom is 0.246 e. The quantitative estimate of drug-likeness (QED) is 0.574. The van der Waals surface area contributed by atoms with Gasteiger partial charge in [-0.25, -0.2) is 0 Å². The zero-order valence-corrected chi connectivity index (χ0v) is 14.2. The average molecular weight is 360 g/mol. The van der Waals surface area contributed by atoms with Crippen molar-refractivity contribution in [2.24, 2.45) is 4.99 Å². The van der Waals surface area contributed by atoms with Crippen LogP contribution in [0.2, 0.25) is 0 Å². The number of hydrogen-bond donors (Lipinski definition) is 2. The van der Waals surface area contributed by atoms with Crippen molar-refractivity contribution >= 4 is 39.4 Å². The fraction of sp³-hybridized carbons (Fsp3) is 0.0556. The van der Waals surface area contributed by atoms with Gasteiger partial charge >= 0.3 is 0 Å². The lowest BCUT2D eigenvalue weighted by Gasteiger charge is -2.12. The highest BCUT2D eigenvalue weighted by molar-refractivity contribution is 7.17. The first-order chi connectivity index (χ1) is 12.8. The van der Waals surface area contributed by atoms with Crippen LogP contribution in [0, 0.1) is 0 Å². The number of rotatable bonds is 2. The zero-order chi connectivity index (χ0) is 17.5. The van der Waals surface area contributed by atoms with Crippen molar-refractivity contribution in [1.29, 1.82) is 0 Å². The molecule has 0 atom stereocenters. The number of hydrogen-bond acceptors (Lipinski definition) is 6. The number of anilines is 1. The summed E-state index contributed by atoms with van der Waals surface area (Å²) in [6.07, 6.45) is 0. The van der Waals surface area contributed by atoms with Crippen LogP contribution in [0.1, 0.15) is 10.4 Å². The summed E-state index contributed by atoms with van der Waals surface area (Å²) in [5, 5.41) is 19.2. The predicted octanol–water partition coefficient (Wildman–Crippen LogP) is 2.87. The number of tetrazole rings is 1. The van der Waals surface area contributed by atoms with E-state index in [4.69, 9.17) is 0 Å². The van der Waals surface area contributed by atoms with E-state index in [0.717, 1.165) is 37.5 Å². The molecular weight excluding hydrogens is 348 g/mol. The minimum absolute atomic E-state index is 0.0911. The lowest BCUT2D eigenvalue weighted by Crippen LogP contribution is -2.13. The van der Waals surface area contributed by atoms with Crippen LogP contribution < -0.4 is 5.32 Å². The van der Waals surface area contributed by atoms with Crippen molar-refractivity contribution in [3.8, 4) is 10.7 Å². The number of nitrogens with zero attached hydrogens (tertiary/aromatic N) is 4. The van der Waals surface area contributed by atoms with E-state index in [-0.39, 0.29) is 12.5 Å². The topological polar surface area (TPSA) is 95.9 Å². The molecule has 0 saturated heterocycles. The van der Waals surface area contributed by atoms with Gasteiger partial charge in [-0.3, -0.25) is 9.79 Å². The Kier molecular flexibility index (Phi) is 3.36. The molecule has 0 spiro atoms. The first kappa shape index (κ1) is 14.9. The molecule has 2 aromatic carbocycles. The van der Waals surface area contributed by atoms with Gasteiger partial charge in [0.1, 0.15) is 6.54 Å². The van der Waals surface area contributed by atoms with Gasteiger partial charge < -0.3 is 5.32 Å². The summed E-state index contributed by atoms with van der Waals surface area (Å²) in [6, 6.07) is 16.0. The standard InChI is InChI=1S/C18H12N6OS/c25-15-9-19-17(13-7-8-14(26-13)18-21-23-24-22-18)12-6-5-10-3-1-2-4-11(10)16(12)20-15/h1-8H,9H2,(H,20,25)(H,21,22,23,24). The molecule has 8 heteroatoms. The van der Waals surface area contributed by atoms with Gasteiger partial charge in [-0.05, 0) is 22.7 Å². The van der Waals surface area contributed by atoms with Gasteiger partial charge in [-0.2, -0.15) is 5.21 Å². The van der Waals surface area contributed by atoms with Gasteiger partial charge in [-0.1, -0.05) is 36.4 Å². The summed E-state index contributed by atoms with van der Waals surface area (Å²) >= 11 is 1.52. The number of amides is 1. The normalized spacial score (nSPS) is 13.8. The molecule has 2 aromatic heterocycles. The highest BCUT2D eigenvalue weighted by Crippen LogP contribution is 2.34. The third-order valence-electron chi connectivity index (χ3n) is 4.23. The van der Waals surface area contributed by atoms with Gasteiger partial charge in [0.15, 0.2) is 0 Å². The number of aliphatic imine (C=N–C) groups is 1. The predicted molar refractivity (Wildman–Crippen MR) is 101 cm³/mol. The fourth-order valence-electron chi connectivity index (χ4n) is 3.08. The van der Waals surface area contributed by atoms with Crippen LogP contribution in [0.25, 0.3) is 21.5 Å². The van der Waals surface area contributed by atoms with Crippen LogP contribution in [0.3, 0.4) is 0 Å². The van der Waals surface area contributed by atoms with E-state index in [0.29, 0.717) is 5.82 Å². The van der Waals surface area contributed by atoms with Crippen LogP contribution >= 0.6 is 11.3 Å². The van der Waals surface area contributed by atoms with Gasteiger partial charge in [0.25, 0.3) is 0 Å². The van der Waals surface area contributed by atoms with Gasteiger partial charge in [-0.15, -0.1) is 21.5 Å². The minimum Gasteiger partial charge on any atom is -0.323 e. The lowest BCUT2D eigenvalue weighted by molar-refractivity contribution is -0.114. The second kappa shape index (κ2) is 5.85. The maximum atomic E-state index is 12.2. The van der Waals surface area contributed by atoms with E-state index >= 15 is 0 Å². The lowest BCUT2D eigenvalue weighted by atomic mass is 10.00. The van der Waals surface area contributed by atoms with E-state index in [1.807, 2.05) is 42.5 Å². The molecule has 5 rings (SSSR count). The molecule has 0 bridgehead atoms. The van der Waals surface area contributed by atoms with Crippen molar-refractivity contribution < 1.29 is 4.79 Å². The van der Waals surface area contributed by atoms with Gasteiger partial charge in [0.05, 0.1) is 21.2 Å². The summed E-state index contributed by atoms with van der Waals surface area (Å²) in [4.78, 5) is 18.6. The SMILES string of the molecule is O=C1CN=C(c2ccc(-c3nn[nH]n3)s2)c2ccc3ccccc3c2N1. The Bertz CT molecular complexity index is 1160. The monoisotopic (exact) mass is 360 g/mol. The number of carbonyl (C=O) groups excluding carboxylic acids is 1. The first-order valence-electron chi connectivity index (χ1n) is 8.00. The van der Waals surface area contributed by atoms with Crippen molar-refractivity contribution in [1.82, 2.24) is 20.6 Å². The summed E-state index contributed by atoms with van der Waals surface area (Å²) in [7, 11) is 0. The Labute approximate surface area is 151 Å². The number of aromatic nitrogens is 4. The molecule has 3 heterocycles. The van der Waals surface area contributed by atoms with Crippen molar-refractivity contribution in [3.63, 3.8) is 0 Å². The summed E-state index contributed by atoms with van der Waals surface area (Å²) in [5.41, 5.74) is 2.51. The zero-order valence-electron chi connectivity index (χ0n) is 13.4. The third kappa shape index (κ3) is 2.39. The van der Waals surface area contributed by atoms with Crippen molar-refractivity contribution in [2.45, 2.75) is 0 Å². The molecule has 0 unspecified atom stereocenters. The number of nitrogens with one attached hydrogen (secondary N) is 2. The highest BCUT2D eigenvalue weighted by atomic mass is 32.1. The number of benzene rings is 2. The van der Waals surface area contributed by atoms with Gasteiger partial charge in [0, 0.05) is 10.9 Å². The fourth-order valence-corrected chi connectivity index (χ4v) is 4.04. The molecule has 0 saturated carbocycles. The van der Waals surface area contributed by atoms with Crippen LogP contribution in [-0.2, 0) is 4.79 Å². The summed E-state index contributed by atoms with van der Waals surface area (Å²) in [5.74, 6) is 0.427. The highest BCUT2D eigenvalue weighted by Gasteiger charge is 2.21. The van der Waals surface area contributed by atoms with Gasteiger partial charge in [0.2, 0.25) is 11.7 Å². The second-order valence-corrected chi connectivity index (χ2v) is 6.91. The molecular formula is C18H12N6OS. The largest absolute Gasteiger partial charge is 0.323 e. The smallest absolute Gasteiger partial charge is 0.246 e. The van der Waals surface area contributed by atoms with Crippen molar-refractivity contribution in [2.75, 3.05) is 11.9 Å². The molecule has 0 radical (unpaired) electrons. The average Bonchev–Trinajstić information content (AvgIpc) is 3.32. The van der Waals surface area contributed by atoms with E-state index in [1.54, 1.807) is 0 Å². The molecule has 7 nitrogen and oxygen atoms in total. The number of aromatic amines is 1.